The molecule has 0 amide bonds. The molecule has 2 rings (SSSR count). The van der Waals surface area contributed by atoms with Gasteiger partial charge < -0.3 is 10.3 Å². The third-order valence-electron chi connectivity index (χ3n) is 2.01. The van der Waals surface area contributed by atoms with Crippen LogP contribution < -0.4 is 5.73 Å². The van der Waals surface area contributed by atoms with Crippen LogP contribution in [0, 0.1) is 0 Å². The van der Waals surface area contributed by atoms with Crippen molar-refractivity contribution < 1.29 is 4.52 Å². The summed E-state index contributed by atoms with van der Waals surface area (Å²) in [5.74, 6) is 1.07. The van der Waals surface area contributed by atoms with Crippen LogP contribution in [-0.2, 0) is 0 Å². The van der Waals surface area contributed by atoms with Gasteiger partial charge in [-0.2, -0.15) is 4.98 Å². The van der Waals surface area contributed by atoms with E-state index in [4.69, 9.17) is 10.3 Å². The number of nitrogens with zero attached hydrogens (tertiary/aromatic N) is 3. The topological polar surface area (TPSA) is 77.8 Å². The average molecular weight is 224 g/mol. The fourth-order valence-electron chi connectivity index (χ4n) is 1.25. The van der Waals surface area contributed by atoms with Crippen molar-refractivity contribution in [1.29, 1.82) is 0 Å². The summed E-state index contributed by atoms with van der Waals surface area (Å²) in [4.78, 5) is 9.09. The molecule has 0 radical (unpaired) electrons. The Morgan fingerprint density at radius 2 is 2.47 bits per heavy atom. The van der Waals surface area contributed by atoms with Gasteiger partial charge in [0.15, 0.2) is 0 Å². The molecule has 0 unspecified atom stereocenters. The number of rotatable bonds is 4. The second-order valence-electron chi connectivity index (χ2n) is 3.22. The highest BCUT2D eigenvalue weighted by Crippen LogP contribution is 2.22. The van der Waals surface area contributed by atoms with Crippen molar-refractivity contribution in [3.63, 3.8) is 0 Å². The van der Waals surface area contributed by atoms with Gasteiger partial charge in [0.1, 0.15) is 0 Å². The molecule has 0 aromatic carbocycles. The van der Waals surface area contributed by atoms with Crippen molar-refractivity contribution in [3.05, 3.63) is 17.6 Å². The molecule has 0 fully saturated rings. The van der Waals surface area contributed by atoms with E-state index in [1.807, 2.05) is 0 Å². The lowest BCUT2D eigenvalue weighted by atomic mass is 10.2. The number of nitrogens with two attached hydrogens (primary N) is 1. The molecule has 2 aromatic heterocycles. The van der Waals surface area contributed by atoms with Crippen LogP contribution >= 0.6 is 11.3 Å². The molecule has 2 heterocycles. The molecule has 2 N–H and O–H groups in total. The lowest BCUT2D eigenvalue weighted by Crippen LogP contribution is -2.09. The second kappa shape index (κ2) is 4.50. The van der Waals surface area contributed by atoms with Gasteiger partial charge in [-0.15, -0.1) is 11.3 Å². The molecule has 5 nitrogen and oxygen atoms in total. The van der Waals surface area contributed by atoms with Crippen LogP contribution in [0.15, 0.2) is 16.2 Å². The van der Waals surface area contributed by atoms with Gasteiger partial charge in [-0.25, -0.2) is 0 Å². The maximum absolute atomic E-state index is 5.86. The Morgan fingerprint density at radius 1 is 1.60 bits per heavy atom. The van der Waals surface area contributed by atoms with E-state index in [0.29, 0.717) is 11.7 Å². The van der Waals surface area contributed by atoms with E-state index in [0.717, 1.165) is 17.7 Å². The number of aromatic nitrogens is 3. The fraction of sp³-hybridized carbons (Fsp3) is 0.444. The predicted molar refractivity (Wildman–Crippen MR) is 57.2 cm³/mol. The molecule has 0 aliphatic carbocycles. The van der Waals surface area contributed by atoms with Gasteiger partial charge in [0.05, 0.1) is 16.4 Å². The first-order valence-electron chi connectivity index (χ1n) is 4.79. The van der Waals surface area contributed by atoms with Crippen LogP contribution in [0.5, 0.6) is 0 Å². The van der Waals surface area contributed by atoms with Crippen molar-refractivity contribution in [2.75, 3.05) is 0 Å². The van der Waals surface area contributed by atoms with Gasteiger partial charge in [0.2, 0.25) is 11.7 Å². The van der Waals surface area contributed by atoms with Crippen LogP contribution in [0.1, 0.15) is 31.7 Å². The van der Waals surface area contributed by atoms with Crippen molar-refractivity contribution in [1.82, 2.24) is 15.1 Å². The zero-order valence-electron chi connectivity index (χ0n) is 8.38. The summed E-state index contributed by atoms with van der Waals surface area (Å²) >= 11 is 1.48. The van der Waals surface area contributed by atoms with E-state index in [2.05, 4.69) is 22.0 Å². The molecular formula is C9H12N4OS. The Kier molecular flexibility index (Phi) is 3.08. The zero-order chi connectivity index (χ0) is 10.7. The summed E-state index contributed by atoms with van der Waals surface area (Å²) in [7, 11) is 0. The second-order valence-corrected chi connectivity index (χ2v) is 4.10. The summed E-state index contributed by atoms with van der Waals surface area (Å²) < 4.78 is 5.10. The van der Waals surface area contributed by atoms with E-state index in [1.165, 1.54) is 11.3 Å². The lowest BCUT2D eigenvalue weighted by molar-refractivity contribution is 0.348. The summed E-state index contributed by atoms with van der Waals surface area (Å²) in [5.41, 5.74) is 7.60. The Balaban J connectivity index is 2.17. The molecule has 0 bridgehead atoms. The van der Waals surface area contributed by atoms with Crippen LogP contribution in [0.2, 0.25) is 0 Å². The highest BCUT2D eigenvalue weighted by atomic mass is 32.1. The maximum atomic E-state index is 5.86. The predicted octanol–water partition coefficient (Wildman–Crippen LogP) is 1.99. The minimum Gasteiger partial charge on any atom is -0.337 e. The van der Waals surface area contributed by atoms with Gasteiger partial charge in [-0.05, 0) is 6.42 Å². The highest BCUT2D eigenvalue weighted by molar-refractivity contribution is 7.13. The van der Waals surface area contributed by atoms with Crippen LogP contribution in [0.3, 0.4) is 0 Å². The monoisotopic (exact) mass is 224 g/mol. The van der Waals surface area contributed by atoms with Gasteiger partial charge in [-0.1, -0.05) is 18.5 Å². The van der Waals surface area contributed by atoms with Gasteiger partial charge >= 0.3 is 0 Å². The van der Waals surface area contributed by atoms with E-state index >= 15 is 0 Å². The van der Waals surface area contributed by atoms with E-state index < -0.39 is 0 Å². The number of hydrogen-bond donors (Lipinski definition) is 1. The third-order valence-corrected chi connectivity index (χ3v) is 2.78. The zero-order valence-corrected chi connectivity index (χ0v) is 9.20. The molecule has 0 saturated heterocycles. The van der Waals surface area contributed by atoms with Crippen molar-refractivity contribution >= 4 is 11.3 Å². The minimum atomic E-state index is -0.163. The lowest BCUT2D eigenvalue weighted by Gasteiger charge is -2.01. The quantitative estimate of drug-likeness (QED) is 0.859. The number of hydrogen-bond acceptors (Lipinski definition) is 6. The van der Waals surface area contributed by atoms with E-state index in [1.54, 1.807) is 11.7 Å². The highest BCUT2D eigenvalue weighted by Gasteiger charge is 2.15. The third kappa shape index (κ3) is 2.21. The summed E-state index contributed by atoms with van der Waals surface area (Å²) in [6, 6.07) is -0.163. The molecule has 0 aliphatic rings. The number of thiazole rings is 1. The molecule has 0 aliphatic heterocycles. The fourth-order valence-corrected chi connectivity index (χ4v) is 1.79. The molecular weight excluding hydrogens is 212 g/mol. The first-order valence-corrected chi connectivity index (χ1v) is 5.67. The van der Waals surface area contributed by atoms with Gasteiger partial charge in [0.25, 0.3) is 0 Å². The standard InChI is InChI=1S/C9H12N4OS/c1-2-3-6(10)9-12-8(13-14-9)7-4-11-5-15-7/h4-6H,2-3,10H2,1H3/t6-/m1/s1. The van der Waals surface area contributed by atoms with Crippen molar-refractivity contribution in [2.45, 2.75) is 25.8 Å². The normalized spacial score (nSPS) is 12.9. The first-order chi connectivity index (χ1) is 7.31. The first kappa shape index (κ1) is 10.3. The van der Waals surface area contributed by atoms with E-state index in [9.17, 15) is 0 Å². The maximum Gasteiger partial charge on any atom is 0.243 e. The SMILES string of the molecule is CCC[C@@H](N)c1nc(-c2cncs2)no1. The molecule has 0 spiro atoms. The van der Waals surface area contributed by atoms with Gasteiger partial charge in [-0.3, -0.25) is 4.98 Å². The average Bonchev–Trinajstić information content (AvgIpc) is 2.89. The molecule has 1 atom stereocenters. The molecule has 15 heavy (non-hydrogen) atoms. The molecule has 80 valence electrons. The Bertz CT molecular complexity index is 411. The van der Waals surface area contributed by atoms with Crippen molar-refractivity contribution in [2.24, 2.45) is 5.73 Å². The molecule has 6 heteroatoms. The summed E-state index contributed by atoms with van der Waals surface area (Å²) in [6.07, 6.45) is 3.56. The van der Waals surface area contributed by atoms with Gasteiger partial charge in [0, 0.05) is 6.20 Å². The smallest absolute Gasteiger partial charge is 0.243 e. The Labute approximate surface area is 91.3 Å². The van der Waals surface area contributed by atoms with E-state index in [-0.39, 0.29) is 6.04 Å². The van der Waals surface area contributed by atoms with Crippen molar-refractivity contribution in [3.8, 4) is 10.7 Å². The Hall–Kier alpha value is -1.27. The molecule has 2 aromatic rings. The van der Waals surface area contributed by atoms with Crippen LogP contribution in [0.25, 0.3) is 10.7 Å². The Morgan fingerprint density at radius 3 is 3.13 bits per heavy atom. The minimum absolute atomic E-state index is 0.163. The van der Waals surface area contributed by atoms with Crippen LogP contribution in [-0.4, -0.2) is 15.1 Å². The summed E-state index contributed by atoms with van der Waals surface area (Å²) in [6.45, 7) is 2.07. The molecule has 0 saturated carbocycles. The largest absolute Gasteiger partial charge is 0.337 e. The van der Waals surface area contributed by atoms with Crippen LogP contribution in [0.4, 0.5) is 0 Å². The summed E-state index contributed by atoms with van der Waals surface area (Å²) in [5, 5.41) is 3.87.